The van der Waals surface area contributed by atoms with Gasteiger partial charge in [-0.15, -0.1) is 0 Å². The van der Waals surface area contributed by atoms with Crippen molar-refractivity contribution in [3.05, 3.63) is 84.4 Å². The average molecular weight is 519 g/mol. The van der Waals surface area contributed by atoms with Gasteiger partial charge in [-0.1, -0.05) is 24.3 Å². The van der Waals surface area contributed by atoms with Gasteiger partial charge in [0.15, 0.2) is 0 Å². The Morgan fingerprint density at radius 3 is 2.38 bits per heavy atom. The summed E-state index contributed by atoms with van der Waals surface area (Å²) in [6.45, 7) is 2.36. The minimum Gasteiger partial charge on any atom is -0.497 e. The van der Waals surface area contributed by atoms with Crippen LogP contribution in [0.4, 0.5) is 11.4 Å². The maximum Gasteiger partial charge on any atom is 0.269 e. The Kier molecular flexibility index (Phi) is 7.99. The topological polar surface area (TPSA) is 100 Å². The number of anilines is 2. The fraction of sp³-hybridized carbons (Fsp3) is 0.185. The second kappa shape index (κ2) is 11.5. The summed E-state index contributed by atoms with van der Waals surface area (Å²) in [4.78, 5) is 40.8. The van der Waals surface area contributed by atoms with E-state index in [4.69, 9.17) is 21.7 Å². The van der Waals surface area contributed by atoms with Gasteiger partial charge in [0, 0.05) is 17.3 Å². The molecule has 3 aromatic carbocycles. The highest BCUT2D eigenvalue weighted by atomic mass is 32.1. The number of amides is 3. The van der Waals surface area contributed by atoms with Crippen molar-refractivity contribution in [1.82, 2.24) is 10.4 Å². The number of carbonyl (C=O) groups excluding carboxylic acids is 3. The van der Waals surface area contributed by atoms with E-state index in [1.807, 2.05) is 13.0 Å². The minimum atomic E-state index is -1.05. The maximum absolute atomic E-state index is 13.5. The van der Waals surface area contributed by atoms with Crippen molar-refractivity contribution >= 4 is 46.4 Å². The predicted octanol–water partition coefficient (Wildman–Crippen LogP) is 3.77. The summed E-state index contributed by atoms with van der Waals surface area (Å²) < 4.78 is 10.6. The van der Waals surface area contributed by atoms with Crippen LogP contribution in [0.15, 0.2) is 78.9 Å². The number of ether oxygens (including phenoxy) is 2. The van der Waals surface area contributed by atoms with Crippen LogP contribution in [-0.4, -0.2) is 47.6 Å². The second-order valence-corrected chi connectivity index (χ2v) is 8.43. The highest BCUT2D eigenvalue weighted by Gasteiger charge is 2.45. The lowest BCUT2D eigenvalue weighted by Crippen LogP contribution is -2.49. The Hall–Kier alpha value is -4.44. The molecule has 9 nitrogen and oxygen atoms in total. The zero-order chi connectivity index (χ0) is 26.4. The normalized spacial score (nSPS) is 14.9. The number of hydrogen-bond acceptors (Lipinski definition) is 6. The number of nitrogens with zero attached hydrogens (tertiary/aromatic N) is 2. The molecule has 1 fully saturated rings. The molecule has 4 rings (SSSR count). The quantitative estimate of drug-likeness (QED) is 0.416. The zero-order valence-electron chi connectivity index (χ0n) is 20.3. The molecule has 1 heterocycles. The molecule has 0 spiro atoms. The third kappa shape index (κ3) is 5.87. The molecule has 1 aliphatic heterocycles. The molecule has 1 aliphatic rings. The number of benzene rings is 3. The largest absolute Gasteiger partial charge is 0.497 e. The number of thiocarbonyl (C=S) groups is 1. The number of hydrazine groups is 1. The summed E-state index contributed by atoms with van der Waals surface area (Å²) in [6.07, 6.45) is -0.246. The van der Waals surface area contributed by atoms with Crippen LogP contribution in [-0.2, 0) is 9.59 Å². The summed E-state index contributed by atoms with van der Waals surface area (Å²) in [5.41, 5.74) is 4.11. The summed E-state index contributed by atoms with van der Waals surface area (Å²) in [7, 11) is 1.53. The van der Waals surface area contributed by atoms with Gasteiger partial charge in [-0.3, -0.25) is 24.7 Å². The van der Waals surface area contributed by atoms with E-state index in [0.717, 1.165) is 0 Å². The molecule has 3 amide bonds. The minimum absolute atomic E-state index is 0.0641. The van der Waals surface area contributed by atoms with E-state index in [2.05, 4.69) is 10.7 Å². The molecule has 190 valence electrons. The Morgan fingerprint density at radius 2 is 1.70 bits per heavy atom. The molecular formula is C27H26N4O5S. The van der Waals surface area contributed by atoms with E-state index in [1.54, 1.807) is 72.8 Å². The molecular weight excluding hydrogens is 492 g/mol. The molecule has 1 atom stereocenters. The smallest absolute Gasteiger partial charge is 0.269 e. The zero-order valence-corrected chi connectivity index (χ0v) is 21.2. The maximum atomic E-state index is 13.5. The van der Waals surface area contributed by atoms with Crippen LogP contribution in [0, 0.1) is 0 Å². The van der Waals surface area contributed by atoms with Crippen LogP contribution in [0.25, 0.3) is 0 Å². The molecule has 0 saturated carbocycles. The summed E-state index contributed by atoms with van der Waals surface area (Å²) >= 11 is 5.58. The lowest BCUT2D eigenvalue weighted by Gasteiger charge is -2.24. The molecule has 37 heavy (non-hydrogen) atoms. The summed E-state index contributed by atoms with van der Waals surface area (Å²) in [5, 5.41) is 4.12. The van der Waals surface area contributed by atoms with Gasteiger partial charge >= 0.3 is 0 Å². The highest BCUT2D eigenvalue weighted by molar-refractivity contribution is 7.80. The van der Waals surface area contributed by atoms with E-state index in [-0.39, 0.29) is 11.5 Å². The van der Waals surface area contributed by atoms with Crippen LogP contribution in [0.3, 0.4) is 0 Å². The third-order valence-corrected chi connectivity index (χ3v) is 5.99. The second-order valence-electron chi connectivity index (χ2n) is 8.06. The van der Waals surface area contributed by atoms with Crippen molar-refractivity contribution < 1.29 is 23.9 Å². The SMILES string of the molecule is CCOc1cccc(NC(=O)CC2C(=O)N(c3ccccc3)C(=S)N2NC(=O)c2ccc(OC)cc2)c1. The van der Waals surface area contributed by atoms with Gasteiger partial charge in [-0.05, 0) is 67.7 Å². The molecule has 0 bridgehead atoms. The average Bonchev–Trinajstić information content (AvgIpc) is 3.13. The molecule has 10 heteroatoms. The van der Waals surface area contributed by atoms with Crippen molar-refractivity contribution in [1.29, 1.82) is 0 Å². The molecule has 0 radical (unpaired) electrons. The first-order valence-corrected chi connectivity index (χ1v) is 12.0. The molecule has 1 saturated heterocycles. The molecule has 3 aromatic rings. The van der Waals surface area contributed by atoms with Crippen molar-refractivity contribution in [2.24, 2.45) is 0 Å². The fourth-order valence-corrected chi connectivity index (χ4v) is 4.22. The van der Waals surface area contributed by atoms with E-state index in [0.29, 0.717) is 35.0 Å². The molecule has 0 aliphatic carbocycles. The van der Waals surface area contributed by atoms with Gasteiger partial charge in [-0.25, -0.2) is 5.01 Å². The molecule has 1 unspecified atom stereocenters. The third-order valence-electron chi connectivity index (χ3n) is 5.61. The Bertz CT molecular complexity index is 1300. The Labute approximate surface area is 219 Å². The number of methoxy groups -OCH3 is 1. The Morgan fingerprint density at radius 1 is 0.973 bits per heavy atom. The molecule has 2 N–H and O–H groups in total. The predicted molar refractivity (Wildman–Crippen MR) is 143 cm³/mol. The fourth-order valence-electron chi connectivity index (χ4n) is 3.85. The van der Waals surface area contributed by atoms with Crippen LogP contribution < -0.4 is 25.1 Å². The van der Waals surface area contributed by atoms with Gasteiger partial charge in [0.05, 0.1) is 25.8 Å². The van der Waals surface area contributed by atoms with Crippen molar-refractivity contribution in [3.8, 4) is 11.5 Å². The van der Waals surface area contributed by atoms with E-state index in [9.17, 15) is 14.4 Å². The number of rotatable bonds is 9. The van der Waals surface area contributed by atoms with Crippen LogP contribution in [0.5, 0.6) is 11.5 Å². The number of hydrogen-bond donors (Lipinski definition) is 2. The van der Waals surface area contributed by atoms with Crippen LogP contribution in [0.1, 0.15) is 23.7 Å². The number of carbonyl (C=O) groups is 3. The van der Waals surface area contributed by atoms with Crippen molar-refractivity contribution in [2.75, 3.05) is 23.9 Å². The van der Waals surface area contributed by atoms with E-state index < -0.39 is 23.8 Å². The van der Waals surface area contributed by atoms with Gasteiger partial charge in [0.25, 0.3) is 11.8 Å². The van der Waals surface area contributed by atoms with Gasteiger partial charge in [-0.2, -0.15) is 0 Å². The monoisotopic (exact) mass is 518 g/mol. The summed E-state index contributed by atoms with van der Waals surface area (Å²) in [6, 6.07) is 21.2. The highest BCUT2D eigenvalue weighted by Crippen LogP contribution is 2.27. The summed E-state index contributed by atoms with van der Waals surface area (Å²) in [5.74, 6) is -0.121. The first-order chi connectivity index (χ1) is 17.9. The lowest BCUT2D eigenvalue weighted by molar-refractivity contribution is -0.124. The number of para-hydroxylation sites is 1. The first-order valence-electron chi connectivity index (χ1n) is 11.6. The number of nitrogens with one attached hydrogen (secondary N) is 2. The van der Waals surface area contributed by atoms with Gasteiger partial charge in [0.2, 0.25) is 11.0 Å². The van der Waals surface area contributed by atoms with Gasteiger partial charge < -0.3 is 14.8 Å². The van der Waals surface area contributed by atoms with Crippen LogP contribution in [0.2, 0.25) is 0 Å². The van der Waals surface area contributed by atoms with E-state index >= 15 is 0 Å². The Balaban J connectivity index is 1.56. The standard InChI is InChI=1S/C27H26N4O5S/c1-3-36-22-11-7-8-19(16-22)28-24(32)17-23-26(34)30(20-9-5-4-6-10-20)27(37)31(23)29-25(33)18-12-14-21(35-2)15-13-18/h4-16,23H,3,17H2,1-2H3,(H,28,32)(H,29,33). The van der Waals surface area contributed by atoms with Crippen LogP contribution >= 0.6 is 12.2 Å². The first kappa shape index (κ1) is 25.6. The van der Waals surface area contributed by atoms with Crippen molar-refractivity contribution in [2.45, 2.75) is 19.4 Å². The van der Waals surface area contributed by atoms with Gasteiger partial charge in [0.1, 0.15) is 17.5 Å². The lowest BCUT2D eigenvalue weighted by atomic mass is 10.1. The van der Waals surface area contributed by atoms with E-state index in [1.165, 1.54) is 17.0 Å². The van der Waals surface area contributed by atoms with Crippen molar-refractivity contribution in [3.63, 3.8) is 0 Å². The molecule has 0 aromatic heterocycles.